The molecule has 5 heteroatoms. The van der Waals surface area contributed by atoms with E-state index in [1.54, 1.807) is 31.2 Å². The smallest absolute Gasteiger partial charge is 0.319 e. The van der Waals surface area contributed by atoms with Crippen molar-refractivity contribution >= 4 is 23.5 Å². The van der Waals surface area contributed by atoms with Gasteiger partial charge in [0.15, 0.2) is 0 Å². The molecule has 1 aliphatic rings. The molecule has 3 amide bonds. The number of carbonyl (C=O) groups excluding carboxylic acids is 2. The van der Waals surface area contributed by atoms with E-state index in [2.05, 4.69) is 26.1 Å². The number of carbonyl (C=O) groups is 2. The number of nitrogens with one attached hydrogen (secondary N) is 1. The molecular formula is C21H23ClN2O2. The predicted molar refractivity (Wildman–Crippen MR) is 103 cm³/mol. The zero-order valence-electron chi connectivity index (χ0n) is 15.5. The molecule has 26 heavy (non-hydrogen) atoms. The molecule has 0 radical (unpaired) electrons. The first-order chi connectivity index (χ1) is 12.1. The molecule has 1 N–H and O–H groups in total. The Morgan fingerprint density at radius 3 is 2.23 bits per heavy atom. The number of nitrogens with zero attached hydrogens (tertiary/aromatic N) is 1. The van der Waals surface area contributed by atoms with Crippen LogP contribution in [0.3, 0.4) is 0 Å². The van der Waals surface area contributed by atoms with Crippen LogP contribution < -0.4 is 5.32 Å². The van der Waals surface area contributed by atoms with Crippen LogP contribution in [-0.4, -0.2) is 16.8 Å². The minimum absolute atomic E-state index is 0.0575. The third-order valence-corrected chi connectivity index (χ3v) is 5.18. The van der Waals surface area contributed by atoms with Crippen molar-refractivity contribution in [3.63, 3.8) is 0 Å². The van der Waals surface area contributed by atoms with E-state index in [1.807, 2.05) is 24.3 Å². The zero-order valence-corrected chi connectivity index (χ0v) is 16.2. The summed E-state index contributed by atoms with van der Waals surface area (Å²) in [5.74, 6) is -0.296. The van der Waals surface area contributed by atoms with E-state index < -0.39 is 11.6 Å². The first kappa shape index (κ1) is 18.5. The van der Waals surface area contributed by atoms with Crippen molar-refractivity contribution < 1.29 is 9.59 Å². The lowest BCUT2D eigenvalue weighted by atomic mass is 9.86. The molecule has 0 aliphatic carbocycles. The van der Waals surface area contributed by atoms with Crippen LogP contribution >= 0.6 is 11.6 Å². The van der Waals surface area contributed by atoms with Gasteiger partial charge in [-0.1, -0.05) is 74.8 Å². The van der Waals surface area contributed by atoms with E-state index in [-0.39, 0.29) is 17.9 Å². The molecule has 136 valence electrons. The SMILES string of the molecule is CC(C)(C)c1ccc(CN2C(=O)N[C@](C)(c3ccccc3Cl)C2=O)cc1. The van der Waals surface area contributed by atoms with Crippen molar-refractivity contribution in [2.75, 3.05) is 0 Å². The van der Waals surface area contributed by atoms with Gasteiger partial charge in [-0.3, -0.25) is 9.69 Å². The monoisotopic (exact) mass is 370 g/mol. The molecule has 0 bridgehead atoms. The second kappa shape index (κ2) is 6.44. The molecule has 1 aliphatic heterocycles. The van der Waals surface area contributed by atoms with Crippen molar-refractivity contribution in [3.8, 4) is 0 Å². The van der Waals surface area contributed by atoms with Crippen molar-refractivity contribution in [3.05, 3.63) is 70.2 Å². The van der Waals surface area contributed by atoms with Crippen LogP contribution in [0.5, 0.6) is 0 Å². The van der Waals surface area contributed by atoms with E-state index in [1.165, 1.54) is 10.5 Å². The highest BCUT2D eigenvalue weighted by Crippen LogP contribution is 2.34. The molecule has 1 saturated heterocycles. The largest absolute Gasteiger partial charge is 0.325 e. The lowest BCUT2D eigenvalue weighted by Gasteiger charge is -2.23. The number of amides is 3. The Labute approximate surface area is 159 Å². The maximum Gasteiger partial charge on any atom is 0.325 e. The van der Waals surface area contributed by atoms with Gasteiger partial charge in [0.1, 0.15) is 5.54 Å². The van der Waals surface area contributed by atoms with Crippen LogP contribution in [-0.2, 0) is 22.3 Å². The van der Waals surface area contributed by atoms with E-state index in [4.69, 9.17) is 11.6 Å². The number of benzene rings is 2. The molecule has 1 atom stereocenters. The highest BCUT2D eigenvalue weighted by molar-refractivity contribution is 6.32. The van der Waals surface area contributed by atoms with Gasteiger partial charge in [-0.05, 0) is 29.5 Å². The zero-order chi connectivity index (χ0) is 19.1. The number of hydrogen-bond acceptors (Lipinski definition) is 2. The van der Waals surface area contributed by atoms with Gasteiger partial charge in [0, 0.05) is 10.6 Å². The normalized spacial score (nSPS) is 20.4. The summed E-state index contributed by atoms with van der Waals surface area (Å²) in [7, 11) is 0. The first-order valence-electron chi connectivity index (χ1n) is 8.61. The number of rotatable bonds is 3. The van der Waals surface area contributed by atoms with Gasteiger partial charge in [-0.25, -0.2) is 4.79 Å². The highest BCUT2D eigenvalue weighted by atomic mass is 35.5. The number of halogens is 1. The summed E-state index contributed by atoms with van der Waals surface area (Å²) in [6, 6.07) is 14.7. The van der Waals surface area contributed by atoms with E-state index >= 15 is 0 Å². The molecule has 1 heterocycles. The van der Waals surface area contributed by atoms with Gasteiger partial charge in [-0.15, -0.1) is 0 Å². The molecule has 0 saturated carbocycles. The van der Waals surface area contributed by atoms with Gasteiger partial charge in [-0.2, -0.15) is 0 Å². The molecule has 1 fully saturated rings. The van der Waals surface area contributed by atoms with Crippen LogP contribution in [0.4, 0.5) is 4.79 Å². The molecule has 3 rings (SSSR count). The first-order valence-corrected chi connectivity index (χ1v) is 8.99. The van der Waals surface area contributed by atoms with Gasteiger partial charge in [0.2, 0.25) is 0 Å². The second-order valence-electron chi connectivity index (χ2n) is 7.87. The van der Waals surface area contributed by atoms with Crippen LogP contribution in [0.2, 0.25) is 5.02 Å². The van der Waals surface area contributed by atoms with Crippen LogP contribution in [0.15, 0.2) is 48.5 Å². The molecule has 0 spiro atoms. The van der Waals surface area contributed by atoms with Crippen LogP contribution in [0.1, 0.15) is 44.4 Å². The number of imide groups is 1. The second-order valence-corrected chi connectivity index (χ2v) is 8.28. The van der Waals surface area contributed by atoms with Crippen molar-refractivity contribution in [1.29, 1.82) is 0 Å². The fourth-order valence-electron chi connectivity index (χ4n) is 3.18. The average molecular weight is 371 g/mol. The molecule has 4 nitrogen and oxygen atoms in total. The average Bonchev–Trinajstić information content (AvgIpc) is 2.79. The van der Waals surface area contributed by atoms with Crippen LogP contribution in [0.25, 0.3) is 0 Å². The lowest BCUT2D eigenvalue weighted by Crippen LogP contribution is -2.41. The molecular weight excluding hydrogens is 348 g/mol. The minimum Gasteiger partial charge on any atom is -0.319 e. The summed E-state index contributed by atoms with van der Waals surface area (Å²) in [5.41, 5.74) is 1.62. The van der Waals surface area contributed by atoms with Crippen molar-refractivity contribution in [2.45, 2.75) is 45.2 Å². The summed E-state index contributed by atoms with van der Waals surface area (Å²) in [6.45, 7) is 8.36. The third-order valence-electron chi connectivity index (χ3n) is 4.85. The summed E-state index contributed by atoms with van der Waals surface area (Å²) in [6.07, 6.45) is 0. The quantitative estimate of drug-likeness (QED) is 0.802. The van der Waals surface area contributed by atoms with Crippen molar-refractivity contribution in [2.24, 2.45) is 0 Å². The van der Waals surface area contributed by atoms with Crippen molar-refractivity contribution in [1.82, 2.24) is 10.2 Å². The topological polar surface area (TPSA) is 49.4 Å². The minimum atomic E-state index is -1.15. The molecule has 0 unspecified atom stereocenters. The van der Waals surface area contributed by atoms with E-state index in [9.17, 15) is 9.59 Å². The molecule has 0 aromatic heterocycles. The Bertz CT molecular complexity index is 855. The van der Waals surface area contributed by atoms with Gasteiger partial charge < -0.3 is 5.32 Å². The summed E-state index contributed by atoms with van der Waals surface area (Å²) in [4.78, 5) is 26.7. The maximum atomic E-state index is 13.0. The van der Waals surface area contributed by atoms with Gasteiger partial charge in [0.25, 0.3) is 5.91 Å². The summed E-state index contributed by atoms with van der Waals surface area (Å²) >= 11 is 6.25. The standard InChI is InChI=1S/C21H23ClN2O2/c1-20(2,3)15-11-9-14(10-12-15)13-24-18(25)21(4,23-19(24)26)16-7-5-6-8-17(16)22/h5-12H,13H2,1-4H3,(H,23,26)/t21-/m1/s1. The molecule has 2 aromatic rings. The Kier molecular flexibility index (Phi) is 4.57. The Balaban J connectivity index is 1.85. The lowest BCUT2D eigenvalue weighted by molar-refractivity contribution is -0.131. The maximum absolute atomic E-state index is 13.0. The molecule has 2 aromatic carbocycles. The van der Waals surface area contributed by atoms with Gasteiger partial charge >= 0.3 is 6.03 Å². The number of hydrogen-bond donors (Lipinski definition) is 1. The third kappa shape index (κ3) is 3.21. The van der Waals surface area contributed by atoms with E-state index in [0.717, 1.165) is 5.56 Å². The highest BCUT2D eigenvalue weighted by Gasteiger charge is 2.49. The number of urea groups is 1. The van der Waals surface area contributed by atoms with E-state index in [0.29, 0.717) is 10.6 Å². The van der Waals surface area contributed by atoms with Crippen LogP contribution in [0, 0.1) is 0 Å². The Morgan fingerprint density at radius 2 is 1.65 bits per heavy atom. The Morgan fingerprint density at radius 1 is 1.04 bits per heavy atom. The van der Waals surface area contributed by atoms with Gasteiger partial charge in [0.05, 0.1) is 6.54 Å². The summed E-state index contributed by atoms with van der Waals surface area (Å²) < 4.78 is 0. The summed E-state index contributed by atoms with van der Waals surface area (Å²) in [5, 5.41) is 3.25. The fourth-order valence-corrected chi connectivity index (χ4v) is 3.51. The Hall–Kier alpha value is -2.33. The predicted octanol–water partition coefficient (Wildman–Crippen LogP) is 4.60. The fraction of sp³-hybridized carbons (Fsp3) is 0.333.